The van der Waals surface area contributed by atoms with Crippen LogP contribution < -0.4 is 21.1 Å². The molecule has 0 aliphatic carbocycles. The molecule has 1 fully saturated rings. The lowest BCUT2D eigenvalue weighted by Gasteiger charge is -2.29. The van der Waals surface area contributed by atoms with Crippen molar-refractivity contribution in [2.24, 2.45) is 0 Å². The molecule has 4 aromatic rings. The first-order chi connectivity index (χ1) is 18.3. The Bertz CT molecular complexity index is 1590. The summed E-state index contributed by atoms with van der Waals surface area (Å²) in [6, 6.07) is 12.0. The average Bonchev–Trinajstić information content (AvgIpc) is 3.35. The van der Waals surface area contributed by atoms with Crippen molar-refractivity contribution in [3.63, 3.8) is 0 Å². The van der Waals surface area contributed by atoms with Crippen LogP contribution in [0.1, 0.15) is 6.42 Å². The van der Waals surface area contributed by atoms with Crippen molar-refractivity contribution in [1.82, 2.24) is 19.9 Å². The second-order valence-corrected chi connectivity index (χ2v) is 9.36. The van der Waals surface area contributed by atoms with E-state index < -0.39 is 5.82 Å². The minimum absolute atomic E-state index is 0.250. The fourth-order valence-corrected chi connectivity index (χ4v) is 4.73. The lowest BCUT2D eigenvalue weighted by molar-refractivity contribution is -0.111. The molecule has 194 valence electrons. The van der Waals surface area contributed by atoms with Crippen molar-refractivity contribution in [2.75, 3.05) is 42.7 Å². The molecule has 1 atom stereocenters. The number of anilines is 4. The molecule has 0 spiro atoms. The van der Waals surface area contributed by atoms with Crippen LogP contribution in [0.4, 0.5) is 27.4 Å². The molecule has 1 saturated heterocycles. The number of rotatable bonds is 7. The first-order valence-corrected chi connectivity index (χ1v) is 12.2. The molecular formula is C28H28FN7O2. The summed E-state index contributed by atoms with van der Waals surface area (Å²) in [5.41, 5.74) is 3.34. The van der Waals surface area contributed by atoms with Crippen molar-refractivity contribution in [3.05, 3.63) is 83.7 Å². The molecular weight excluding hydrogens is 485 g/mol. The van der Waals surface area contributed by atoms with Gasteiger partial charge in [-0.2, -0.15) is 0 Å². The Balaban J connectivity index is 1.51. The zero-order chi connectivity index (χ0) is 26.8. The van der Waals surface area contributed by atoms with Crippen LogP contribution >= 0.6 is 0 Å². The van der Waals surface area contributed by atoms with Crippen LogP contribution in [0.3, 0.4) is 0 Å². The standard InChI is InChI=1S/C28H28FN7O2/c1-4-25(37)33-23-13-19(8-9-24(23)36(3)20-10-11-35(2)16-20)32-28-31-15-22-26(34-28)21(14-30-27(22)38)17-6-5-7-18(29)12-17/h4-9,12-15,20H,1,10-11,16H2,2-3H3,(H,30,38)(H,33,37)(H,31,32,34). The number of amides is 1. The van der Waals surface area contributed by atoms with E-state index in [9.17, 15) is 14.0 Å². The van der Waals surface area contributed by atoms with E-state index in [2.05, 4.69) is 49.0 Å². The van der Waals surface area contributed by atoms with Crippen molar-refractivity contribution < 1.29 is 9.18 Å². The lowest BCUT2D eigenvalue weighted by atomic mass is 10.1. The van der Waals surface area contributed by atoms with Gasteiger partial charge in [-0.1, -0.05) is 18.7 Å². The number of nitrogens with one attached hydrogen (secondary N) is 3. The van der Waals surface area contributed by atoms with E-state index in [4.69, 9.17) is 0 Å². The Morgan fingerprint density at radius 2 is 2.13 bits per heavy atom. The molecule has 1 aliphatic heterocycles. The Kier molecular flexibility index (Phi) is 6.89. The molecule has 1 unspecified atom stereocenters. The molecule has 2 aromatic heterocycles. The van der Waals surface area contributed by atoms with Crippen LogP contribution in [0.2, 0.25) is 0 Å². The molecule has 9 nitrogen and oxygen atoms in total. The summed E-state index contributed by atoms with van der Waals surface area (Å²) in [6.45, 7) is 5.51. The average molecular weight is 514 g/mol. The van der Waals surface area contributed by atoms with Crippen LogP contribution in [0.5, 0.6) is 0 Å². The third-order valence-electron chi connectivity index (χ3n) is 6.76. The summed E-state index contributed by atoms with van der Waals surface area (Å²) in [5, 5.41) is 6.36. The van der Waals surface area contributed by atoms with Crippen LogP contribution in [0.15, 0.2) is 72.3 Å². The topological polar surface area (TPSA) is 106 Å². The Morgan fingerprint density at radius 1 is 1.29 bits per heavy atom. The molecule has 0 radical (unpaired) electrons. The normalized spacial score (nSPS) is 15.4. The van der Waals surface area contributed by atoms with E-state index in [1.807, 2.05) is 25.2 Å². The molecule has 10 heteroatoms. The summed E-state index contributed by atoms with van der Waals surface area (Å²) in [6.07, 6.45) is 5.21. The maximum absolute atomic E-state index is 13.9. The van der Waals surface area contributed by atoms with Crippen LogP contribution in [-0.4, -0.2) is 59.0 Å². The number of likely N-dealkylation sites (N-methyl/N-ethyl adjacent to an activating group) is 2. The fourth-order valence-electron chi connectivity index (χ4n) is 4.73. The number of aromatic amines is 1. The zero-order valence-corrected chi connectivity index (χ0v) is 21.2. The number of aromatic nitrogens is 3. The SMILES string of the molecule is C=CC(=O)Nc1cc(Nc2ncc3c(=O)[nH]cc(-c4cccc(F)c4)c3n2)ccc1N(C)C1CCN(C)C1. The number of hydrogen-bond donors (Lipinski definition) is 3. The number of hydrogen-bond acceptors (Lipinski definition) is 7. The van der Waals surface area contributed by atoms with Crippen LogP contribution in [0.25, 0.3) is 22.0 Å². The summed E-state index contributed by atoms with van der Waals surface area (Å²) in [7, 11) is 4.12. The summed E-state index contributed by atoms with van der Waals surface area (Å²) in [4.78, 5) is 40.7. The minimum Gasteiger partial charge on any atom is -0.369 e. The van der Waals surface area contributed by atoms with Gasteiger partial charge in [0.15, 0.2) is 0 Å². The maximum Gasteiger partial charge on any atom is 0.259 e. The second kappa shape index (κ2) is 10.4. The van der Waals surface area contributed by atoms with Crippen LogP contribution in [-0.2, 0) is 4.79 Å². The number of H-pyrrole nitrogens is 1. The highest BCUT2D eigenvalue weighted by Gasteiger charge is 2.25. The number of fused-ring (bicyclic) bond motifs is 1. The van der Waals surface area contributed by atoms with Gasteiger partial charge in [0.05, 0.1) is 22.3 Å². The number of benzene rings is 2. The lowest BCUT2D eigenvalue weighted by Crippen LogP contribution is -2.34. The summed E-state index contributed by atoms with van der Waals surface area (Å²) < 4.78 is 13.9. The number of halogens is 1. The Labute approximate surface area is 219 Å². The molecule has 38 heavy (non-hydrogen) atoms. The van der Waals surface area contributed by atoms with Gasteiger partial charge in [0.25, 0.3) is 5.56 Å². The molecule has 1 aliphatic rings. The fraction of sp³-hybridized carbons (Fsp3) is 0.214. The van der Waals surface area contributed by atoms with E-state index in [0.29, 0.717) is 34.1 Å². The third-order valence-corrected chi connectivity index (χ3v) is 6.76. The van der Waals surface area contributed by atoms with E-state index in [1.54, 1.807) is 12.1 Å². The molecule has 0 bridgehead atoms. The van der Waals surface area contributed by atoms with Crippen LogP contribution in [0, 0.1) is 5.82 Å². The van der Waals surface area contributed by atoms with Gasteiger partial charge in [0.2, 0.25) is 11.9 Å². The quantitative estimate of drug-likeness (QED) is 0.319. The number of carbonyl (C=O) groups is 1. The molecule has 3 N–H and O–H groups in total. The second-order valence-electron chi connectivity index (χ2n) is 9.36. The summed E-state index contributed by atoms with van der Waals surface area (Å²) in [5.74, 6) is -0.459. The van der Waals surface area contributed by atoms with E-state index >= 15 is 0 Å². The van der Waals surface area contributed by atoms with Crippen molar-refractivity contribution in [3.8, 4) is 11.1 Å². The van der Waals surface area contributed by atoms with Crippen molar-refractivity contribution in [2.45, 2.75) is 12.5 Å². The highest BCUT2D eigenvalue weighted by molar-refractivity contribution is 6.02. The molecule has 1 amide bonds. The van der Waals surface area contributed by atoms with Crippen molar-refractivity contribution >= 4 is 39.8 Å². The Hall–Kier alpha value is -4.57. The van der Waals surface area contributed by atoms with Gasteiger partial charge < -0.3 is 25.4 Å². The third kappa shape index (κ3) is 5.12. The number of carbonyl (C=O) groups excluding carboxylic acids is 1. The van der Waals surface area contributed by atoms with E-state index in [-0.39, 0.29) is 22.8 Å². The minimum atomic E-state index is -0.391. The first-order valence-electron chi connectivity index (χ1n) is 12.2. The van der Waals surface area contributed by atoms with Gasteiger partial charge in [0.1, 0.15) is 5.82 Å². The predicted molar refractivity (Wildman–Crippen MR) is 148 cm³/mol. The maximum atomic E-state index is 13.9. The molecule has 0 saturated carbocycles. The zero-order valence-electron chi connectivity index (χ0n) is 21.2. The summed E-state index contributed by atoms with van der Waals surface area (Å²) >= 11 is 0. The highest BCUT2D eigenvalue weighted by atomic mass is 19.1. The first kappa shape index (κ1) is 25.1. The number of likely N-dealkylation sites (tertiary alicyclic amines) is 1. The van der Waals surface area contributed by atoms with Gasteiger partial charge in [-0.05, 0) is 62.0 Å². The van der Waals surface area contributed by atoms with Gasteiger partial charge in [-0.15, -0.1) is 0 Å². The van der Waals surface area contributed by atoms with Crippen molar-refractivity contribution in [1.29, 1.82) is 0 Å². The molecule has 2 aromatic carbocycles. The van der Waals surface area contributed by atoms with Gasteiger partial charge in [-0.25, -0.2) is 14.4 Å². The van der Waals surface area contributed by atoms with E-state index in [0.717, 1.165) is 25.2 Å². The highest BCUT2D eigenvalue weighted by Crippen LogP contribution is 2.33. The van der Waals surface area contributed by atoms with Gasteiger partial charge in [0, 0.05) is 43.3 Å². The van der Waals surface area contributed by atoms with Gasteiger partial charge in [-0.3, -0.25) is 9.59 Å². The van der Waals surface area contributed by atoms with E-state index in [1.165, 1.54) is 30.6 Å². The number of pyridine rings is 1. The largest absolute Gasteiger partial charge is 0.369 e. The smallest absolute Gasteiger partial charge is 0.259 e. The molecule has 3 heterocycles. The Morgan fingerprint density at radius 3 is 2.87 bits per heavy atom. The van der Waals surface area contributed by atoms with Gasteiger partial charge >= 0.3 is 0 Å². The molecule has 5 rings (SSSR count). The predicted octanol–water partition coefficient (Wildman–Crippen LogP) is 4.13. The monoisotopic (exact) mass is 513 g/mol. The number of nitrogens with zero attached hydrogens (tertiary/aromatic N) is 4.